The van der Waals surface area contributed by atoms with Crippen LogP contribution in [0.4, 0.5) is 5.69 Å². The van der Waals surface area contributed by atoms with Gasteiger partial charge in [0.1, 0.15) is 5.76 Å². The Morgan fingerprint density at radius 2 is 2.06 bits per heavy atom. The molecule has 2 N–H and O–H groups in total. The number of aromatic carboxylic acids is 1. The number of para-hydroxylation sites is 1. The summed E-state index contributed by atoms with van der Waals surface area (Å²) in [5, 5.41) is 12.0. The summed E-state index contributed by atoms with van der Waals surface area (Å²) in [4.78, 5) is 10.8. The largest absolute Gasteiger partial charge is 0.475 e. The minimum Gasteiger partial charge on any atom is -0.475 e. The average Bonchev–Trinajstić information content (AvgIpc) is 2.69. The number of furan rings is 1. The molecule has 4 heteroatoms. The Balaban J connectivity index is 2.05. The predicted molar refractivity (Wildman–Crippen MR) is 64.2 cm³/mol. The molecule has 17 heavy (non-hydrogen) atoms. The van der Waals surface area contributed by atoms with Crippen LogP contribution in [0.1, 0.15) is 21.9 Å². The van der Waals surface area contributed by atoms with Gasteiger partial charge in [0.15, 0.2) is 0 Å². The van der Waals surface area contributed by atoms with E-state index in [0.717, 1.165) is 5.69 Å². The summed E-state index contributed by atoms with van der Waals surface area (Å²) in [7, 11) is 0. The van der Waals surface area contributed by atoms with E-state index in [-0.39, 0.29) is 5.76 Å². The van der Waals surface area contributed by atoms with Gasteiger partial charge in [-0.2, -0.15) is 0 Å². The van der Waals surface area contributed by atoms with Crippen LogP contribution in [0, 0.1) is 6.92 Å². The summed E-state index contributed by atoms with van der Waals surface area (Å²) in [6, 6.07) is 11.4. The van der Waals surface area contributed by atoms with Gasteiger partial charge >= 0.3 is 5.97 Å². The number of anilines is 1. The fraction of sp³-hybridized carbons (Fsp3) is 0.154. The van der Waals surface area contributed by atoms with Crippen LogP contribution >= 0.6 is 0 Å². The van der Waals surface area contributed by atoms with Crippen molar-refractivity contribution in [3.8, 4) is 0 Å². The first-order valence-electron chi connectivity index (χ1n) is 5.28. The molecule has 0 saturated heterocycles. The van der Waals surface area contributed by atoms with E-state index >= 15 is 0 Å². The lowest BCUT2D eigenvalue weighted by molar-refractivity contribution is 0.0659. The Morgan fingerprint density at radius 3 is 2.65 bits per heavy atom. The van der Waals surface area contributed by atoms with E-state index in [2.05, 4.69) is 5.32 Å². The van der Waals surface area contributed by atoms with Crippen LogP contribution < -0.4 is 5.32 Å². The van der Waals surface area contributed by atoms with Crippen molar-refractivity contribution in [1.29, 1.82) is 0 Å². The van der Waals surface area contributed by atoms with E-state index in [1.165, 1.54) is 0 Å². The minimum absolute atomic E-state index is 0.00913. The SMILES string of the molecule is Cc1cc(CNc2ccccc2)oc1C(=O)O. The van der Waals surface area contributed by atoms with Crippen LogP contribution in [-0.2, 0) is 6.54 Å². The molecule has 1 aromatic carbocycles. The first-order chi connectivity index (χ1) is 8.16. The molecule has 0 saturated carbocycles. The van der Waals surface area contributed by atoms with E-state index in [4.69, 9.17) is 9.52 Å². The number of rotatable bonds is 4. The maximum absolute atomic E-state index is 10.8. The number of carboxylic acid groups (broad SMARTS) is 1. The fourth-order valence-corrected chi connectivity index (χ4v) is 1.59. The Morgan fingerprint density at radius 1 is 1.35 bits per heavy atom. The molecule has 0 aliphatic heterocycles. The van der Waals surface area contributed by atoms with Crippen LogP contribution in [0.5, 0.6) is 0 Å². The fourth-order valence-electron chi connectivity index (χ4n) is 1.59. The van der Waals surface area contributed by atoms with Crippen molar-refractivity contribution >= 4 is 11.7 Å². The lowest BCUT2D eigenvalue weighted by atomic mass is 10.2. The molecule has 0 aliphatic rings. The highest BCUT2D eigenvalue weighted by Gasteiger charge is 2.13. The number of nitrogens with one attached hydrogen (secondary N) is 1. The second-order valence-corrected chi connectivity index (χ2v) is 3.75. The number of carboxylic acids is 1. The number of hydrogen-bond acceptors (Lipinski definition) is 3. The molecule has 0 atom stereocenters. The molecular formula is C13H13NO3. The van der Waals surface area contributed by atoms with Crippen LogP contribution in [-0.4, -0.2) is 11.1 Å². The molecule has 1 aromatic heterocycles. The van der Waals surface area contributed by atoms with Gasteiger partial charge < -0.3 is 14.8 Å². The average molecular weight is 231 g/mol. The molecule has 2 rings (SSSR count). The summed E-state index contributed by atoms with van der Waals surface area (Å²) in [6.07, 6.45) is 0. The zero-order chi connectivity index (χ0) is 12.3. The Hall–Kier alpha value is -2.23. The summed E-state index contributed by atoms with van der Waals surface area (Å²) < 4.78 is 5.24. The smallest absolute Gasteiger partial charge is 0.372 e. The molecule has 0 spiro atoms. The molecule has 0 fully saturated rings. The first-order valence-corrected chi connectivity index (χ1v) is 5.28. The topological polar surface area (TPSA) is 62.5 Å². The minimum atomic E-state index is -1.03. The summed E-state index contributed by atoms with van der Waals surface area (Å²) in [5.74, 6) is -0.410. The Labute approximate surface area is 98.9 Å². The van der Waals surface area contributed by atoms with Crippen molar-refractivity contribution in [3.63, 3.8) is 0 Å². The van der Waals surface area contributed by atoms with Crippen molar-refractivity contribution < 1.29 is 14.3 Å². The van der Waals surface area contributed by atoms with Crippen molar-refractivity contribution in [3.05, 3.63) is 53.5 Å². The van der Waals surface area contributed by atoms with Crippen molar-refractivity contribution in [2.45, 2.75) is 13.5 Å². The van der Waals surface area contributed by atoms with E-state index in [0.29, 0.717) is 17.9 Å². The number of hydrogen-bond donors (Lipinski definition) is 2. The summed E-state index contributed by atoms with van der Waals surface area (Å²) >= 11 is 0. The third-order valence-corrected chi connectivity index (χ3v) is 2.40. The van der Waals surface area contributed by atoms with E-state index in [1.807, 2.05) is 30.3 Å². The third-order valence-electron chi connectivity index (χ3n) is 2.40. The second kappa shape index (κ2) is 4.74. The first kappa shape index (κ1) is 11.3. The lowest BCUT2D eigenvalue weighted by Gasteiger charge is -2.02. The molecule has 0 aliphatic carbocycles. The van der Waals surface area contributed by atoms with Gasteiger partial charge in [-0.3, -0.25) is 0 Å². The van der Waals surface area contributed by atoms with Crippen LogP contribution in [0.15, 0.2) is 40.8 Å². The van der Waals surface area contributed by atoms with Crippen LogP contribution in [0.2, 0.25) is 0 Å². The monoisotopic (exact) mass is 231 g/mol. The zero-order valence-electron chi connectivity index (χ0n) is 9.43. The molecule has 88 valence electrons. The quantitative estimate of drug-likeness (QED) is 0.849. The van der Waals surface area contributed by atoms with Gasteiger partial charge in [-0.25, -0.2) is 4.79 Å². The van der Waals surface area contributed by atoms with Gasteiger partial charge in [-0.05, 0) is 25.1 Å². The van der Waals surface area contributed by atoms with E-state index < -0.39 is 5.97 Å². The molecule has 0 bridgehead atoms. The number of carbonyl (C=O) groups is 1. The summed E-state index contributed by atoms with van der Waals surface area (Å²) in [5.41, 5.74) is 1.61. The van der Waals surface area contributed by atoms with E-state index in [9.17, 15) is 4.79 Å². The Kier molecular flexibility index (Phi) is 3.14. The third kappa shape index (κ3) is 2.66. The zero-order valence-corrected chi connectivity index (χ0v) is 9.43. The highest BCUT2D eigenvalue weighted by atomic mass is 16.4. The highest BCUT2D eigenvalue weighted by molar-refractivity contribution is 5.86. The van der Waals surface area contributed by atoms with Gasteiger partial charge in [0.2, 0.25) is 5.76 Å². The molecule has 2 aromatic rings. The molecular weight excluding hydrogens is 218 g/mol. The van der Waals surface area contributed by atoms with Crippen molar-refractivity contribution in [2.24, 2.45) is 0 Å². The Bertz CT molecular complexity index is 517. The van der Waals surface area contributed by atoms with E-state index in [1.54, 1.807) is 13.0 Å². The highest BCUT2D eigenvalue weighted by Crippen LogP contribution is 2.16. The van der Waals surface area contributed by atoms with Gasteiger partial charge in [0.05, 0.1) is 6.54 Å². The second-order valence-electron chi connectivity index (χ2n) is 3.75. The van der Waals surface area contributed by atoms with Crippen LogP contribution in [0.25, 0.3) is 0 Å². The van der Waals surface area contributed by atoms with Crippen molar-refractivity contribution in [1.82, 2.24) is 0 Å². The van der Waals surface area contributed by atoms with Gasteiger partial charge in [-0.1, -0.05) is 18.2 Å². The molecule has 0 unspecified atom stereocenters. The normalized spacial score (nSPS) is 10.2. The maximum atomic E-state index is 10.8. The molecule has 0 radical (unpaired) electrons. The predicted octanol–water partition coefficient (Wildman–Crippen LogP) is 2.90. The number of aryl methyl sites for hydroxylation is 1. The van der Waals surface area contributed by atoms with Crippen LogP contribution in [0.3, 0.4) is 0 Å². The van der Waals surface area contributed by atoms with Gasteiger partial charge in [-0.15, -0.1) is 0 Å². The maximum Gasteiger partial charge on any atom is 0.372 e. The molecule has 4 nitrogen and oxygen atoms in total. The van der Waals surface area contributed by atoms with Crippen molar-refractivity contribution in [2.75, 3.05) is 5.32 Å². The standard InChI is InChI=1S/C13H13NO3/c1-9-7-11(17-12(9)13(15)16)8-14-10-5-3-2-4-6-10/h2-7,14H,8H2,1H3,(H,15,16). The number of benzene rings is 1. The molecule has 0 amide bonds. The lowest BCUT2D eigenvalue weighted by Crippen LogP contribution is -1.98. The summed E-state index contributed by atoms with van der Waals surface area (Å²) in [6.45, 7) is 2.19. The molecule has 1 heterocycles. The van der Waals surface area contributed by atoms with Gasteiger partial charge in [0, 0.05) is 11.3 Å². The van der Waals surface area contributed by atoms with Gasteiger partial charge in [0.25, 0.3) is 0 Å².